The van der Waals surface area contributed by atoms with Gasteiger partial charge < -0.3 is 30.5 Å². The molecule has 0 radical (unpaired) electrons. The van der Waals surface area contributed by atoms with Crippen LogP contribution in [0.4, 0.5) is 10.1 Å². The number of carbonyl (C=O) groups is 5. The van der Waals surface area contributed by atoms with Crippen LogP contribution in [0.25, 0.3) is 0 Å². The summed E-state index contributed by atoms with van der Waals surface area (Å²) in [6.07, 6.45) is 5.22. The number of halogens is 3. The lowest BCUT2D eigenvalue weighted by Crippen LogP contribution is -2.71. The number of rotatable bonds is 11. The van der Waals surface area contributed by atoms with Crippen molar-refractivity contribution >= 4 is 82.0 Å². The number of phenols is 1. The largest absolute Gasteiger partial charge is 0.543 e. The number of phenolic OH excluding ortho intramolecular Hbond substituents is 1. The molecule has 3 aliphatic heterocycles. The number of hydrogen-bond acceptors (Lipinski definition) is 9. The number of β-lactam (4-membered cyclic amide) rings is 1. The van der Waals surface area contributed by atoms with Crippen molar-refractivity contribution in [3.8, 4) is 5.75 Å². The zero-order valence-electron chi connectivity index (χ0n) is 26.4. The summed E-state index contributed by atoms with van der Waals surface area (Å²) in [5, 5.41) is 27.1. The van der Waals surface area contributed by atoms with Crippen molar-refractivity contribution < 1.29 is 43.1 Å². The summed E-state index contributed by atoms with van der Waals surface area (Å²) in [5.41, 5.74) is 1.35. The number of fused-ring (bicyclic) bond motifs is 1. The SMILES string of the molecule is O=C(C[n+]1ccc(CN2CC/C(=C\C3=C(C(=O)[O-])N4C(=O)C(NC(=O)CSc5cc(Cl)ccc5Cl)C4SC3)C2=O)cc1)Nc1ccc(O)c(F)c1. The molecule has 264 valence electrons. The van der Waals surface area contributed by atoms with Crippen LogP contribution in [0.3, 0.4) is 0 Å². The Bertz CT molecular complexity index is 2010. The van der Waals surface area contributed by atoms with Gasteiger partial charge >= 0.3 is 0 Å². The zero-order chi connectivity index (χ0) is 36.4. The Kier molecular flexibility index (Phi) is 10.9. The fourth-order valence-electron chi connectivity index (χ4n) is 5.72. The van der Waals surface area contributed by atoms with Crippen LogP contribution in [0.2, 0.25) is 10.0 Å². The Balaban J connectivity index is 1.04. The average Bonchev–Trinajstić information content (AvgIpc) is 3.43. The van der Waals surface area contributed by atoms with Crippen LogP contribution in [-0.2, 0) is 37.1 Å². The molecule has 4 amide bonds. The van der Waals surface area contributed by atoms with E-state index in [1.165, 1.54) is 23.9 Å². The molecule has 12 nitrogen and oxygen atoms in total. The third kappa shape index (κ3) is 8.17. The van der Waals surface area contributed by atoms with E-state index >= 15 is 0 Å². The molecular formula is C34H28Cl2FN5O7S2. The van der Waals surface area contributed by atoms with Crippen molar-refractivity contribution in [1.82, 2.24) is 15.1 Å². The van der Waals surface area contributed by atoms with Crippen LogP contribution in [0.15, 0.2) is 88.7 Å². The topological polar surface area (TPSA) is 163 Å². The van der Waals surface area contributed by atoms with E-state index in [0.29, 0.717) is 33.5 Å². The molecule has 2 aromatic carbocycles. The highest BCUT2D eigenvalue weighted by molar-refractivity contribution is 8.00. The molecule has 0 saturated carbocycles. The maximum absolute atomic E-state index is 13.6. The molecule has 2 saturated heterocycles. The number of likely N-dealkylation sites (tertiary alicyclic amines) is 1. The second kappa shape index (κ2) is 15.4. The standard InChI is InChI=1S/C34H28Cl2FN5O7S2/c35-21-1-3-23(36)26(12-21)50-17-28(45)39-29-32(47)42-30(34(48)49)20(16-51-33(29)42)11-19-7-10-41(31(19)46)14-18-5-8-40(9-6-18)15-27(44)38-22-2-4-25(43)24(37)13-22/h1-6,8-9,11-13,29,33H,7,10,14-17H2,(H3-,38,39,43,44,45,48,49)/b19-11+. The molecule has 17 heteroatoms. The number of allylic oxidation sites excluding steroid dienone is 1. The number of anilines is 1. The maximum atomic E-state index is 13.6. The number of benzene rings is 2. The number of aliphatic carboxylic acids is 1. The van der Waals surface area contributed by atoms with Crippen LogP contribution < -0.4 is 20.3 Å². The van der Waals surface area contributed by atoms with E-state index in [2.05, 4.69) is 10.6 Å². The molecule has 3 aliphatic rings. The number of pyridine rings is 1. The number of carboxylic acids is 1. The molecule has 2 fully saturated rings. The number of amides is 4. The van der Waals surface area contributed by atoms with Gasteiger partial charge in [-0.2, -0.15) is 4.57 Å². The van der Waals surface area contributed by atoms with E-state index in [1.54, 1.807) is 52.2 Å². The first-order valence-corrected chi connectivity index (χ1v) is 18.2. The van der Waals surface area contributed by atoms with Crippen molar-refractivity contribution in [3.63, 3.8) is 0 Å². The Labute approximate surface area is 309 Å². The first-order valence-electron chi connectivity index (χ1n) is 15.4. The van der Waals surface area contributed by atoms with Gasteiger partial charge in [0, 0.05) is 58.2 Å². The summed E-state index contributed by atoms with van der Waals surface area (Å²) in [5.74, 6) is -4.48. The van der Waals surface area contributed by atoms with Gasteiger partial charge in [-0.3, -0.25) is 24.1 Å². The number of nitrogens with one attached hydrogen (secondary N) is 2. The molecule has 3 aromatic rings. The van der Waals surface area contributed by atoms with Crippen LogP contribution in [0, 0.1) is 5.82 Å². The minimum Gasteiger partial charge on any atom is -0.543 e. The van der Waals surface area contributed by atoms with E-state index < -0.39 is 46.7 Å². The number of carboxylic acid groups (broad SMARTS) is 1. The lowest BCUT2D eigenvalue weighted by atomic mass is 10.0. The minimum atomic E-state index is -1.56. The lowest BCUT2D eigenvalue weighted by molar-refractivity contribution is -0.684. The number of thioether (sulfide) groups is 2. The number of aromatic hydroxyl groups is 1. The Morgan fingerprint density at radius 3 is 2.59 bits per heavy atom. The fourth-order valence-corrected chi connectivity index (χ4v) is 8.33. The second-order valence-corrected chi connectivity index (χ2v) is 14.7. The monoisotopic (exact) mass is 771 g/mol. The molecule has 4 heterocycles. The van der Waals surface area contributed by atoms with Crippen LogP contribution in [-0.4, -0.2) is 74.0 Å². The summed E-state index contributed by atoms with van der Waals surface area (Å²) in [6, 6.07) is 11.0. The molecule has 1 aromatic heterocycles. The fraction of sp³-hybridized carbons (Fsp3) is 0.235. The van der Waals surface area contributed by atoms with Crippen molar-refractivity contribution in [1.29, 1.82) is 0 Å². The molecule has 0 spiro atoms. The average molecular weight is 773 g/mol. The Morgan fingerprint density at radius 1 is 1.10 bits per heavy atom. The van der Waals surface area contributed by atoms with Gasteiger partial charge in [-0.25, -0.2) is 4.39 Å². The molecule has 6 rings (SSSR count). The predicted octanol–water partition coefficient (Wildman–Crippen LogP) is 2.62. The molecular weight excluding hydrogens is 744 g/mol. The van der Waals surface area contributed by atoms with Gasteiger partial charge in [0.05, 0.1) is 22.4 Å². The van der Waals surface area contributed by atoms with Gasteiger partial charge in [0.1, 0.15) is 11.4 Å². The van der Waals surface area contributed by atoms with Gasteiger partial charge in [-0.1, -0.05) is 23.2 Å². The Hall–Kier alpha value is -4.57. The number of hydrogen-bond donors (Lipinski definition) is 3. The minimum absolute atomic E-state index is 0.0359. The van der Waals surface area contributed by atoms with E-state index in [-0.39, 0.29) is 47.5 Å². The van der Waals surface area contributed by atoms with E-state index in [4.69, 9.17) is 23.2 Å². The molecule has 2 unspecified atom stereocenters. The van der Waals surface area contributed by atoms with Crippen LogP contribution >= 0.6 is 46.7 Å². The molecule has 3 N–H and O–H groups in total. The lowest BCUT2D eigenvalue weighted by Gasteiger charge is -2.50. The van der Waals surface area contributed by atoms with Gasteiger partial charge in [0.25, 0.3) is 11.8 Å². The smallest absolute Gasteiger partial charge is 0.290 e. The summed E-state index contributed by atoms with van der Waals surface area (Å²) in [4.78, 5) is 67.0. The number of carbonyl (C=O) groups excluding carboxylic acids is 5. The van der Waals surface area contributed by atoms with Crippen molar-refractivity contribution in [3.05, 3.63) is 105 Å². The summed E-state index contributed by atoms with van der Waals surface area (Å²) in [7, 11) is 0. The molecule has 0 bridgehead atoms. The third-order valence-electron chi connectivity index (χ3n) is 8.21. The highest BCUT2D eigenvalue weighted by Gasteiger charge is 2.52. The van der Waals surface area contributed by atoms with E-state index in [1.807, 2.05) is 0 Å². The second-order valence-electron chi connectivity index (χ2n) is 11.7. The highest BCUT2D eigenvalue weighted by Crippen LogP contribution is 2.41. The van der Waals surface area contributed by atoms with Gasteiger partial charge in [-0.05, 0) is 54.0 Å². The van der Waals surface area contributed by atoms with Crippen LogP contribution in [0.5, 0.6) is 5.75 Å². The number of aromatic nitrogens is 1. The van der Waals surface area contributed by atoms with Crippen molar-refractivity contribution in [2.75, 3.05) is 23.4 Å². The zero-order valence-corrected chi connectivity index (χ0v) is 29.6. The first-order chi connectivity index (χ1) is 24.4. The quantitative estimate of drug-likeness (QED) is 0.0875. The van der Waals surface area contributed by atoms with E-state index in [9.17, 15) is 38.6 Å². The normalized spacial score (nSPS) is 19.2. The van der Waals surface area contributed by atoms with Gasteiger partial charge in [0.2, 0.25) is 18.4 Å². The highest BCUT2D eigenvalue weighted by atomic mass is 35.5. The summed E-state index contributed by atoms with van der Waals surface area (Å²) < 4.78 is 15.2. The van der Waals surface area contributed by atoms with E-state index in [0.717, 1.165) is 34.4 Å². The van der Waals surface area contributed by atoms with Gasteiger partial charge in [-0.15, -0.1) is 23.5 Å². The maximum Gasteiger partial charge on any atom is 0.290 e. The third-order valence-corrected chi connectivity index (χ3v) is 11.2. The molecule has 0 aliphatic carbocycles. The predicted molar refractivity (Wildman–Crippen MR) is 186 cm³/mol. The van der Waals surface area contributed by atoms with Crippen LogP contribution in [0.1, 0.15) is 12.0 Å². The first kappa shape index (κ1) is 36.2. The Morgan fingerprint density at radius 2 is 1.86 bits per heavy atom. The van der Waals surface area contributed by atoms with Crippen molar-refractivity contribution in [2.24, 2.45) is 0 Å². The molecule has 2 atom stereocenters. The van der Waals surface area contributed by atoms with Gasteiger partial charge in [0.15, 0.2) is 24.0 Å². The number of nitrogens with zero attached hydrogens (tertiary/aromatic N) is 3. The molecule has 51 heavy (non-hydrogen) atoms. The summed E-state index contributed by atoms with van der Waals surface area (Å²) >= 11 is 14.6. The van der Waals surface area contributed by atoms with Crippen molar-refractivity contribution in [2.45, 2.75) is 35.8 Å². The summed E-state index contributed by atoms with van der Waals surface area (Å²) in [6.45, 7) is 0.606.